The Labute approximate surface area is 133 Å². The maximum atomic E-state index is 13.4. The topological polar surface area (TPSA) is 64.0 Å². The molecule has 1 aromatic heterocycles. The zero-order valence-corrected chi connectivity index (χ0v) is 12.2. The van der Waals surface area contributed by atoms with Crippen molar-refractivity contribution < 1.29 is 9.13 Å². The zero-order chi connectivity index (χ0) is 16.2. The van der Waals surface area contributed by atoms with Crippen molar-refractivity contribution in [3.63, 3.8) is 0 Å². The third kappa shape index (κ3) is 3.16. The number of para-hydroxylation sites is 1. The minimum absolute atomic E-state index is 0.292. The quantitative estimate of drug-likeness (QED) is 0.794. The summed E-state index contributed by atoms with van der Waals surface area (Å²) in [5.74, 6) is 0.658. The van der Waals surface area contributed by atoms with Gasteiger partial charge in [0.1, 0.15) is 23.3 Å². The van der Waals surface area contributed by atoms with Crippen molar-refractivity contribution in [1.82, 2.24) is 4.57 Å². The average Bonchev–Trinajstić information content (AvgIpc) is 2.84. The Hall–Kier alpha value is -3.26. The van der Waals surface area contributed by atoms with Crippen LogP contribution in [0.3, 0.4) is 0 Å². The summed E-state index contributed by atoms with van der Waals surface area (Å²) >= 11 is 0. The predicted molar refractivity (Wildman–Crippen MR) is 85.6 cm³/mol. The molecule has 23 heavy (non-hydrogen) atoms. The van der Waals surface area contributed by atoms with E-state index in [1.54, 1.807) is 34.9 Å². The summed E-state index contributed by atoms with van der Waals surface area (Å²) in [6, 6.07) is 19.0. The molecule has 3 rings (SSSR count). The molecule has 0 radical (unpaired) electrons. The molecule has 0 unspecified atom stereocenters. The van der Waals surface area contributed by atoms with Gasteiger partial charge in [-0.05, 0) is 29.8 Å². The first kappa shape index (κ1) is 14.7. The fourth-order valence-electron chi connectivity index (χ4n) is 2.33. The summed E-state index contributed by atoms with van der Waals surface area (Å²) in [7, 11) is 0. The number of anilines is 1. The Morgan fingerprint density at radius 2 is 1.87 bits per heavy atom. The van der Waals surface area contributed by atoms with Crippen LogP contribution >= 0.6 is 0 Å². The Kier molecular flexibility index (Phi) is 3.98. The van der Waals surface area contributed by atoms with Gasteiger partial charge in [-0.3, -0.25) is 4.57 Å². The van der Waals surface area contributed by atoms with Gasteiger partial charge in [-0.25, -0.2) is 4.39 Å². The van der Waals surface area contributed by atoms with Crippen LogP contribution in [0.25, 0.3) is 0 Å². The Morgan fingerprint density at radius 3 is 2.57 bits per heavy atom. The number of nitrogens with zero attached hydrogens (tertiary/aromatic N) is 2. The molecule has 0 bridgehead atoms. The lowest BCUT2D eigenvalue weighted by molar-refractivity contribution is 0.437. The van der Waals surface area contributed by atoms with Crippen molar-refractivity contribution in [3.8, 4) is 17.7 Å². The lowest BCUT2D eigenvalue weighted by Crippen LogP contribution is -2.05. The number of rotatable bonds is 4. The van der Waals surface area contributed by atoms with Crippen LogP contribution in [-0.4, -0.2) is 4.57 Å². The third-order valence-electron chi connectivity index (χ3n) is 3.38. The largest absolute Gasteiger partial charge is 0.439 e. The van der Waals surface area contributed by atoms with Crippen LogP contribution in [0.2, 0.25) is 0 Å². The monoisotopic (exact) mass is 307 g/mol. The molecular formula is C18H14FN3O. The predicted octanol–water partition coefficient (Wildman–Crippen LogP) is 3.92. The van der Waals surface area contributed by atoms with E-state index in [0.29, 0.717) is 29.6 Å². The number of nitrogens with two attached hydrogens (primary N) is 1. The van der Waals surface area contributed by atoms with Gasteiger partial charge in [0.2, 0.25) is 5.88 Å². The van der Waals surface area contributed by atoms with Gasteiger partial charge in [-0.15, -0.1) is 0 Å². The van der Waals surface area contributed by atoms with Crippen LogP contribution in [0.4, 0.5) is 10.1 Å². The van der Waals surface area contributed by atoms with Crippen molar-refractivity contribution in [1.29, 1.82) is 5.26 Å². The fourth-order valence-corrected chi connectivity index (χ4v) is 2.33. The molecule has 5 heteroatoms. The maximum Gasteiger partial charge on any atom is 0.224 e. The molecule has 0 aliphatic carbocycles. The molecule has 1 heterocycles. The van der Waals surface area contributed by atoms with E-state index in [1.807, 2.05) is 18.2 Å². The van der Waals surface area contributed by atoms with Gasteiger partial charge >= 0.3 is 0 Å². The second-order valence-corrected chi connectivity index (χ2v) is 5.03. The number of hydrogen-bond acceptors (Lipinski definition) is 3. The van der Waals surface area contributed by atoms with Crippen molar-refractivity contribution in [2.45, 2.75) is 6.54 Å². The van der Waals surface area contributed by atoms with Crippen LogP contribution < -0.4 is 10.5 Å². The summed E-state index contributed by atoms with van der Waals surface area (Å²) in [4.78, 5) is 0. The van der Waals surface area contributed by atoms with E-state index in [1.165, 1.54) is 12.1 Å². The number of halogens is 1. The van der Waals surface area contributed by atoms with Crippen LogP contribution in [-0.2, 0) is 6.54 Å². The SMILES string of the molecule is N#Cc1cc(N)c(Oc2ccccc2)n1Cc1cccc(F)c1. The number of hydrogen-bond donors (Lipinski definition) is 1. The number of aromatic nitrogens is 1. The van der Waals surface area contributed by atoms with Crippen LogP contribution in [0, 0.1) is 17.1 Å². The first-order valence-electron chi connectivity index (χ1n) is 7.04. The van der Waals surface area contributed by atoms with E-state index < -0.39 is 0 Å². The maximum absolute atomic E-state index is 13.4. The highest BCUT2D eigenvalue weighted by molar-refractivity contribution is 5.56. The van der Waals surface area contributed by atoms with Crippen LogP contribution in [0.5, 0.6) is 11.6 Å². The number of nitrogen functional groups attached to an aromatic ring is 1. The van der Waals surface area contributed by atoms with Gasteiger partial charge in [0.05, 0.1) is 12.2 Å². The van der Waals surface area contributed by atoms with E-state index in [9.17, 15) is 9.65 Å². The molecule has 0 fully saturated rings. The van der Waals surface area contributed by atoms with E-state index in [4.69, 9.17) is 10.5 Å². The molecular weight excluding hydrogens is 293 g/mol. The molecule has 0 aliphatic heterocycles. The van der Waals surface area contributed by atoms with Crippen LogP contribution in [0.15, 0.2) is 60.7 Å². The lowest BCUT2D eigenvalue weighted by atomic mass is 10.2. The second kappa shape index (κ2) is 6.24. The standard InChI is InChI=1S/C18H14FN3O/c19-14-6-4-5-13(9-14)12-22-15(11-20)10-17(21)18(22)23-16-7-2-1-3-8-16/h1-10H,12,21H2. The van der Waals surface area contributed by atoms with Crippen molar-refractivity contribution in [2.75, 3.05) is 5.73 Å². The van der Waals surface area contributed by atoms with Crippen molar-refractivity contribution >= 4 is 5.69 Å². The molecule has 0 amide bonds. The Morgan fingerprint density at radius 1 is 1.09 bits per heavy atom. The molecule has 114 valence electrons. The van der Waals surface area contributed by atoms with Gasteiger partial charge in [0.25, 0.3) is 0 Å². The number of nitriles is 1. The minimum atomic E-state index is -0.327. The van der Waals surface area contributed by atoms with E-state index in [-0.39, 0.29) is 5.82 Å². The number of benzene rings is 2. The molecule has 3 aromatic rings. The molecule has 0 aliphatic rings. The highest BCUT2D eigenvalue weighted by Gasteiger charge is 2.16. The van der Waals surface area contributed by atoms with Gasteiger partial charge in [-0.2, -0.15) is 5.26 Å². The average molecular weight is 307 g/mol. The Balaban J connectivity index is 1.99. The highest BCUT2D eigenvalue weighted by atomic mass is 19.1. The molecule has 0 atom stereocenters. The normalized spacial score (nSPS) is 10.3. The molecule has 0 saturated carbocycles. The summed E-state index contributed by atoms with van der Waals surface area (Å²) in [5, 5.41) is 9.30. The van der Waals surface area contributed by atoms with E-state index in [2.05, 4.69) is 6.07 Å². The fraction of sp³-hybridized carbons (Fsp3) is 0.0556. The summed E-state index contributed by atoms with van der Waals surface area (Å²) in [6.45, 7) is 0.292. The van der Waals surface area contributed by atoms with Crippen molar-refractivity contribution in [3.05, 3.63) is 77.7 Å². The molecule has 4 nitrogen and oxygen atoms in total. The molecule has 0 saturated heterocycles. The van der Waals surface area contributed by atoms with Crippen LogP contribution in [0.1, 0.15) is 11.3 Å². The molecule has 2 aromatic carbocycles. The molecule has 2 N–H and O–H groups in total. The van der Waals surface area contributed by atoms with Gasteiger partial charge in [0.15, 0.2) is 0 Å². The zero-order valence-electron chi connectivity index (χ0n) is 12.2. The lowest BCUT2D eigenvalue weighted by Gasteiger charge is -2.12. The van der Waals surface area contributed by atoms with Crippen molar-refractivity contribution in [2.24, 2.45) is 0 Å². The van der Waals surface area contributed by atoms with Gasteiger partial charge < -0.3 is 10.5 Å². The van der Waals surface area contributed by atoms with E-state index >= 15 is 0 Å². The summed E-state index contributed by atoms with van der Waals surface area (Å²) < 4.78 is 20.8. The molecule has 0 spiro atoms. The van der Waals surface area contributed by atoms with Gasteiger partial charge in [-0.1, -0.05) is 30.3 Å². The minimum Gasteiger partial charge on any atom is -0.439 e. The number of ether oxygens (including phenoxy) is 1. The first-order valence-corrected chi connectivity index (χ1v) is 7.04. The van der Waals surface area contributed by atoms with Gasteiger partial charge in [0, 0.05) is 6.07 Å². The Bertz CT molecular complexity index is 866. The summed E-state index contributed by atoms with van der Waals surface area (Å²) in [5.41, 5.74) is 7.42. The highest BCUT2D eigenvalue weighted by Crippen LogP contribution is 2.31. The smallest absolute Gasteiger partial charge is 0.224 e. The third-order valence-corrected chi connectivity index (χ3v) is 3.38. The first-order chi connectivity index (χ1) is 11.2. The second-order valence-electron chi connectivity index (χ2n) is 5.03. The van der Waals surface area contributed by atoms with E-state index in [0.717, 1.165) is 5.56 Å². The summed E-state index contributed by atoms with van der Waals surface area (Å²) in [6.07, 6.45) is 0.